The minimum Gasteiger partial charge on any atom is -0.494 e. The zero-order chi connectivity index (χ0) is 12.5. The van der Waals surface area contributed by atoms with Crippen molar-refractivity contribution in [2.45, 2.75) is 12.6 Å². The quantitative estimate of drug-likeness (QED) is 0.775. The average Bonchev–Trinajstić information content (AvgIpc) is 2.14. The zero-order valence-corrected chi connectivity index (χ0v) is 9.36. The van der Waals surface area contributed by atoms with Crippen LogP contribution in [0.15, 0.2) is 10.7 Å². The molecule has 0 aliphatic heterocycles. The molecule has 0 N–H and O–H groups in total. The summed E-state index contributed by atoms with van der Waals surface area (Å²) in [5.41, 5.74) is -2.32. The Labute approximate surface area is 95.6 Å². The molecule has 0 bridgehead atoms. The molecule has 1 aromatic heterocycles. The molecule has 0 fully saturated rings. The Morgan fingerprint density at radius 3 is 2.31 bits per heavy atom. The van der Waals surface area contributed by atoms with Crippen molar-refractivity contribution in [1.29, 1.82) is 0 Å². The van der Waals surface area contributed by atoms with Crippen molar-refractivity contribution >= 4 is 15.9 Å². The molecule has 0 saturated heterocycles. The molecular weight excluding hydrogens is 301 g/mol. The molecule has 0 aromatic carbocycles. The van der Waals surface area contributed by atoms with Gasteiger partial charge >= 0.3 is 6.18 Å². The van der Waals surface area contributed by atoms with Gasteiger partial charge in [-0.05, 0) is 15.9 Å². The first kappa shape index (κ1) is 13.1. The molecule has 0 radical (unpaired) electrons. The number of hydrogen-bond acceptors (Lipinski definition) is 2. The van der Waals surface area contributed by atoms with Crippen LogP contribution in [0.25, 0.3) is 0 Å². The van der Waals surface area contributed by atoms with Gasteiger partial charge in [0.25, 0.3) is 6.43 Å². The van der Waals surface area contributed by atoms with Gasteiger partial charge in [-0.2, -0.15) is 13.2 Å². The molecule has 0 atom stereocenters. The zero-order valence-electron chi connectivity index (χ0n) is 7.78. The second-order valence-corrected chi connectivity index (χ2v) is 3.55. The lowest BCUT2D eigenvalue weighted by molar-refractivity contribution is -0.142. The van der Waals surface area contributed by atoms with Crippen LogP contribution >= 0.6 is 15.9 Å². The minimum absolute atomic E-state index is 0.229. The summed E-state index contributed by atoms with van der Waals surface area (Å²) in [7, 11) is 0.880. The van der Waals surface area contributed by atoms with Gasteiger partial charge in [0.2, 0.25) is 0 Å². The van der Waals surface area contributed by atoms with Gasteiger partial charge in [0.1, 0.15) is 0 Å². The summed E-state index contributed by atoms with van der Waals surface area (Å²) in [6.07, 6.45) is -7.25. The van der Waals surface area contributed by atoms with E-state index in [4.69, 9.17) is 0 Å². The van der Waals surface area contributed by atoms with Gasteiger partial charge in [-0.25, -0.2) is 13.8 Å². The maximum Gasteiger partial charge on any atom is 0.437 e. The van der Waals surface area contributed by atoms with Crippen LogP contribution in [-0.4, -0.2) is 12.1 Å². The van der Waals surface area contributed by atoms with Crippen molar-refractivity contribution in [3.05, 3.63) is 21.9 Å². The molecule has 2 nitrogen and oxygen atoms in total. The molecule has 0 aliphatic carbocycles. The summed E-state index contributed by atoms with van der Waals surface area (Å²) < 4.78 is 66.4. The van der Waals surface area contributed by atoms with E-state index in [0.717, 1.165) is 7.11 Å². The normalized spacial score (nSPS) is 12.0. The lowest BCUT2D eigenvalue weighted by atomic mass is 10.2. The highest BCUT2D eigenvalue weighted by Crippen LogP contribution is 2.42. The van der Waals surface area contributed by atoms with Gasteiger partial charge < -0.3 is 4.74 Å². The van der Waals surface area contributed by atoms with Crippen molar-refractivity contribution in [1.82, 2.24) is 4.98 Å². The Morgan fingerprint density at radius 2 is 1.94 bits per heavy atom. The van der Waals surface area contributed by atoms with Crippen LogP contribution in [0.1, 0.15) is 17.7 Å². The molecule has 8 heteroatoms. The highest BCUT2D eigenvalue weighted by molar-refractivity contribution is 9.10. The Kier molecular flexibility index (Phi) is 3.72. The fourth-order valence-corrected chi connectivity index (χ4v) is 1.55. The monoisotopic (exact) mass is 305 g/mol. The van der Waals surface area contributed by atoms with E-state index in [1.165, 1.54) is 0 Å². The summed E-state index contributed by atoms with van der Waals surface area (Å²) in [5.74, 6) is -0.961. The number of halogens is 6. The largest absolute Gasteiger partial charge is 0.494 e. The van der Waals surface area contributed by atoms with E-state index >= 15 is 0 Å². The van der Waals surface area contributed by atoms with Crippen molar-refractivity contribution in [2.75, 3.05) is 7.11 Å². The summed E-state index contributed by atoms with van der Waals surface area (Å²) in [4.78, 5) is 3.03. The second-order valence-electron chi connectivity index (χ2n) is 2.70. The molecule has 90 valence electrons. The first-order valence-electron chi connectivity index (χ1n) is 3.86. The maximum absolute atomic E-state index is 12.5. The predicted octanol–water partition coefficient (Wildman–Crippen LogP) is 3.81. The SMILES string of the molecule is COc1c(C(F)(F)F)ncc(Br)c1C(F)F. The van der Waals surface area contributed by atoms with Crippen LogP contribution in [0.3, 0.4) is 0 Å². The summed E-state index contributed by atoms with van der Waals surface area (Å²) >= 11 is 2.70. The number of methoxy groups -OCH3 is 1. The van der Waals surface area contributed by atoms with E-state index in [1.807, 2.05) is 0 Å². The third-order valence-corrected chi connectivity index (χ3v) is 2.35. The molecule has 1 rings (SSSR count). The molecule has 0 unspecified atom stereocenters. The van der Waals surface area contributed by atoms with Crippen molar-refractivity contribution in [2.24, 2.45) is 0 Å². The van der Waals surface area contributed by atoms with Gasteiger partial charge in [-0.15, -0.1) is 0 Å². The van der Waals surface area contributed by atoms with Gasteiger partial charge in [0, 0.05) is 10.7 Å². The molecule has 0 spiro atoms. The van der Waals surface area contributed by atoms with Crippen LogP contribution in [0.4, 0.5) is 22.0 Å². The highest BCUT2D eigenvalue weighted by Gasteiger charge is 2.39. The van der Waals surface area contributed by atoms with Crippen molar-refractivity contribution in [3.63, 3.8) is 0 Å². The van der Waals surface area contributed by atoms with Crippen molar-refractivity contribution in [3.8, 4) is 5.75 Å². The number of aromatic nitrogens is 1. The number of ether oxygens (including phenoxy) is 1. The Morgan fingerprint density at radius 1 is 1.38 bits per heavy atom. The first-order valence-corrected chi connectivity index (χ1v) is 4.66. The minimum atomic E-state index is -4.84. The van der Waals surface area contributed by atoms with Gasteiger partial charge in [0.05, 0.1) is 12.7 Å². The standard InChI is InChI=1S/C8H5BrF5NO/c1-16-5-4(7(10)11)3(9)2-15-6(5)8(12,13)14/h2,7H,1H3. The third kappa shape index (κ3) is 2.42. The topological polar surface area (TPSA) is 22.1 Å². The van der Waals surface area contributed by atoms with Crippen molar-refractivity contribution < 1.29 is 26.7 Å². The smallest absolute Gasteiger partial charge is 0.437 e. The number of hydrogen-bond donors (Lipinski definition) is 0. The van der Waals surface area contributed by atoms with E-state index in [1.54, 1.807) is 0 Å². The summed E-state index contributed by atoms with van der Waals surface area (Å²) in [5, 5.41) is 0. The van der Waals surface area contributed by atoms with Crippen LogP contribution < -0.4 is 4.74 Å². The lowest BCUT2D eigenvalue weighted by Crippen LogP contribution is -2.12. The van der Waals surface area contributed by atoms with E-state index in [0.29, 0.717) is 6.20 Å². The molecule has 0 saturated carbocycles. The van der Waals surface area contributed by atoms with Crippen LogP contribution in [-0.2, 0) is 6.18 Å². The third-order valence-electron chi connectivity index (χ3n) is 1.71. The number of nitrogens with zero attached hydrogens (tertiary/aromatic N) is 1. The Balaban J connectivity index is 3.49. The van der Waals surface area contributed by atoms with Gasteiger partial charge in [0.15, 0.2) is 11.4 Å². The molecule has 1 heterocycles. The van der Waals surface area contributed by atoms with Crippen LogP contribution in [0.2, 0.25) is 0 Å². The number of alkyl halides is 5. The fraction of sp³-hybridized carbons (Fsp3) is 0.375. The summed E-state index contributed by atoms with van der Waals surface area (Å²) in [6.45, 7) is 0. The molecule has 1 aromatic rings. The first-order chi connectivity index (χ1) is 7.29. The highest BCUT2D eigenvalue weighted by atomic mass is 79.9. The Hall–Kier alpha value is -0.920. The fourth-order valence-electron chi connectivity index (χ4n) is 1.10. The number of rotatable bonds is 2. The van der Waals surface area contributed by atoms with Crippen LogP contribution in [0, 0.1) is 0 Å². The van der Waals surface area contributed by atoms with E-state index in [-0.39, 0.29) is 4.47 Å². The molecule has 0 amide bonds. The van der Waals surface area contributed by atoms with Crippen LogP contribution in [0.5, 0.6) is 5.75 Å². The maximum atomic E-state index is 12.5. The van der Waals surface area contributed by atoms with Gasteiger partial charge in [-0.1, -0.05) is 0 Å². The van der Waals surface area contributed by atoms with E-state index in [9.17, 15) is 22.0 Å². The van der Waals surface area contributed by atoms with Gasteiger partial charge in [-0.3, -0.25) is 0 Å². The number of pyridine rings is 1. The molecule has 16 heavy (non-hydrogen) atoms. The predicted molar refractivity (Wildman–Crippen MR) is 48.4 cm³/mol. The lowest BCUT2D eigenvalue weighted by Gasteiger charge is -2.15. The second kappa shape index (κ2) is 4.52. The molecule has 0 aliphatic rings. The average molecular weight is 306 g/mol. The Bertz CT molecular complexity index is 393. The summed E-state index contributed by atoms with van der Waals surface area (Å²) in [6, 6.07) is 0. The molecular formula is C8H5BrF5NO. The van der Waals surface area contributed by atoms with E-state index < -0.39 is 29.6 Å². The van der Waals surface area contributed by atoms with E-state index in [2.05, 4.69) is 25.7 Å².